The molecule has 2 aromatic rings. The Hall–Kier alpha value is -2.34. The summed E-state index contributed by atoms with van der Waals surface area (Å²) in [5, 5.41) is 4.75. The molecular formula is C22H33N5O. The Kier molecular flexibility index (Phi) is 6.39. The lowest BCUT2D eigenvalue weighted by molar-refractivity contribution is -0.134. The molecule has 0 aliphatic carbocycles. The highest BCUT2D eigenvalue weighted by molar-refractivity contribution is 5.79. The zero-order chi connectivity index (χ0) is 20.3. The van der Waals surface area contributed by atoms with Crippen LogP contribution in [0.25, 0.3) is 0 Å². The molecule has 0 radical (unpaired) electrons. The SMILES string of the molecule is CN(C)Cc1cc([C@H]2CCCCN2C(=O)Cc2ccc(N(C)C)cc2)nn1C. The molecule has 6 heteroatoms. The van der Waals surface area contributed by atoms with E-state index in [4.69, 9.17) is 5.10 Å². The van der Waals surface area contributed by atoms with Crippen molar-refractivity contribution in [1.82, 2.24) is 19.6 Å². The van der Waals surface area contributed by atoms with E-state index in [1.54, 1.807) is 0 Å². The molecule has 6 nitrogen and oxygen atoms in total. The molecule has 2 heterocycles. The molecule has 1 amide bonds. The first-order valence-corrected chi connectivity index (χ1v) is 10.1. The summed E-state index contributed by atoms with van der Waals surface area (Å²) in [5.74, 6) is 0.196. The van der Waals surface area contributed by atoms with Crippen LogP contribution in [0.15, 0.2) is 30.3 Å². The standard InChI is InChI=1S/C22H33N5O/c1-24(2)16-19-15-20(23-26(19)5)21-8-6-7-13-27(21)22(28)14-17-9-11-18(12-10-17)25(3)4/h9-12,15,21H,6-8,13-14,16H2,1-5H3/t21-/m1/s1. The van der Waals surface area contributed by atoms with Gasteiger partial charge in [-0.1, -0.05) is 12.1 Å². The van der Waals surface area contributed by atoms with Crippen LogP contribution >= 0.6 is 0 Å². The van der Waals surface area contributed by atoms with Crippen LogP contribution in [0.1, 0.15) is 42.3 Å². The van der Waals surface area contributed by atoms with Crippen LogP contribution in [0, 0.1) is 0 Å². The molecule has 1 aromatic carbocycles. The lowest BCUT2D eigenvalue weighted by atomic mass is 9.98. The Morgan fingerprint density at radius 1 is 1.14 bits per heavy atom. The second-order valence-corrected chi connectivity index (χ2v) is 8.26. The molecule has 0 saturated carbocycles. The highest BCUT2D eigenvalue weighted by Crippen LogP contribution is 2.31. The molecular weight excluding hydrogens is 350 g/mol. The number of hydrogen-bond acceptors (Lipinski definition) is 4. The molecule has 28 heavy (non-hydrogen) atoms. The number of aromatic nitrogens is 2. The van der Waals surface area contributed by atoms with E-state index in [1.807, 2.05) is 30.7 Å². The minimum atomic E-state index is 0.0874. The first-order valence-electron chi connectivity index (χ1n) is 10.1. The van der Waals surface area contributed by atoms with E-state index >= 15 is 0 Å². The number of carbonyl (C=O) groups is 1. The van der Waals surface area contributed by atoms with E-state index in [1.165, 1.54) is 5.69 Å². The maximum absolute atomic E-state index is 13.1. The van der Waals surface area contributed by atoms with Crippen molar-refractivity contribution in [3.8, 4) is 0 Å². The Morgan fingerprint density at radius 2 is 1.86 bits per heavy atom. The fraction of sp³-hybridized carbons (Fsp3) is 0.545. The van der Waals surface area contributed by atoms with Crippen molar-refractivity contribution in [2.75, 3.05) is 39.6 Å². The van der Waals surface area contributed by atoms with Gasteiger partial charge in [-0.15, -0.1) is 0 Å². The van der Waals surface area contributed by atoms with Gasteiger partial charge >= 0.3 is 0 Å². The molecule has 0 N–H and O–H groups in total. The summed E-state index contributed by atoms with van der Waals surface area (Å²) < 4.78 is 1.95. The molecule has 3 rings (SSSR count). The largest absolute Gasteiger partial charge is 0.378 e. The second-order valence-electron chi connectivity index (χ2n) is 8.26. The summed E-state index contributed by atoms with van der Waals surface area (Å²) in [6.45, 7) is 1.67. The maximum atomic E-state index is 13.1. The lowest BCUT2D eigenvalue weighted by Crippen LogP contribution is -2.39. The van der Waals surface area contributed by atoms with Crippen molar-refractivity contribution >= 4 is 11.6 Å². The number of carbonyl (C=O) groups excluding carboxylic acids is 1. The van der Waals surface area contributed by atoms with Gasteiger partial charge in [0.2, 0.25) is 5.91 Å². The smallest absolute Gasteiger partial charge is 0.227 e. The van der Waals surface area contributed by atoms with Crippen LogP contribution in [-0.4, -0.2) is 60.2 Å². The lowest BCUT2D eigenvalue weighted by Gasteiger charge is -2.35. The van der Waals surface area contributed by atoms with Crippen molar-refractivity contribution in [1.29, 1.82) is 0 Å². The van der Waals surface area contributed by atoms with Gasteiger partial charge in [0.1, 0.15) is 0 Å². The van der Waals surface area contributed by atoms with Gasteiger partial charge in [0.05, 0.1) is 23.9 Å². The number of piperidine rings is 1. The van der Waals surface area contributed by atoms with Gasteiger partial charge in [0.25, 0.3) is 0 Å². The van der Waals surface area contributed by atoms with Crippen molar-refractivity contribution < 1.29 is 4.79 Å². The number of nitrogens with zero attached hydrogens (tertiary/aromatic N) is 5. The summed E-state index contributed by atoms with van der Waals surface area (Å²) in [6, 6.07) is 10.5. The minimum absolute atomic E-state index is 0.0874. The molecule has 1 aliphatic rings. The van der Waals surface area contributed by atoms with E-state index in [0.29, 0.717) is 6.42 Å². The molecule has 1 saturated heterocycles. The highest BCUT2D eigenvalue weighted by atomic mass is 16.2. The number of rotatable bonds is 6. The van der Waals surface area contributed by atoms with Crippen LogP contribution < -0.4 is 4.90 Å². The van der Waals surface area contributed by atoms with Crippen LogP contribution in [0.2, 0.25) is 0 Å². The summed E-state index contributed by atoms with van der Waals surface area (Å²) >= 11 is 0. The molecule has 1 atom stereocenters. The highest BCUT2D eigenvalue weighted by Gasteiger charge is 2.30. The van der Waals surface area contributed by atoms with Crippen LogP contribution in [0.3, 0.4) is 0 Å². The average Bonchev–Trinajstić information content (AvgIpc) is 3.02. The third-order valence-electron chi connectivity index (χ3n) is 5.45. The van der Waals surface area contributed by atoms with Gasteiger partial charge < -0.3 is 14.7 Å². The van der Waals surface area contributed by atoms with Crippen molar-refractivity contribution in [2.45, 2.75) is 38.3 Å². The van der Waals surface area contributed by atoms with E-state index in [2.05, 4.69) is 54.2 Å². The van der Waals surface area contributed by atoms with E-state index < -0.39 is 0 Å². The summed E-state index contributed by atoms with van der Waals surface area (Å²) in [5.41, 5.74) is 4.41. The second kappa shape index (κ2) is 8.78. The zero-order valence-corrected chi connectivity index (χ0v) is 17.9. The molecule has 0 bridgehead atoms. The number of aryl methyl sites for hydroxylation is 1. The summed E-state index contributed by atoms with van der Waals surface area (Å²) in [4.78, 5) is 19.4. The topological polar surface area (TPSA) is 44.6 Å². The minimum Gasteiger partial charge on any atom is -0.378 e. The number of amides is 1. The summed E-state index contributed by atoms with van der Waals surface area (Å²) in [7, 11) is 10.2. The normalized spacial score (nSPS) is 17.2. The van der Waals surface area contributed by atoms with Gasteiger partial charge in [-0.25, -0.2) is 0 Å². The quantitative estimate of drug-likeness (QED) is 0.769. The van der Waals surface area contributed by atoms with Crippen molar-refractivity contribution in [3.05, 3.63) is 47.3 Å². The fourth-order valence-corrected chi connectivity index (χ4v) is 3.89. The Labute approximate surface area is 168 Å². The van der Waals surface area contributed by atoms with Crippen LogP contribution in [0.4, 0.5) is 5.69 Å². The third kappa shape index (κ3) is 4.73. The van der Waals surface area contributed by atoms with Crippen molar-refractivity contribution in [2.24, 2.45) is 7.05 Å². The number of benzene rings is 1. The fourth-order valence-electron chi connectivity index (χ4n) is 3.89. The Morgan fingerprint density at radius 3 is 2.50 bits per heavy atom. The number of anilines is 1. The van der Waals surface area contributed by atoms with E-state index in [0.717, 1.165) is 49.3 Å². The van der Waals surface area contributed by atoms with Gasteiger partial charge in [-0.3, -0.25) is 9.48 Å². The Balaban J connectivity index is 1.74. The predicted octanol–water partition coefficient (Wildman–Crippen LogP) is 2.84. The molecule has 1 aliphatic heterocycles. The average molecular weight is 384 g/mol. The molecule has 0 unspecified atom stereocenters. The molecule has 0 spiro atoms. The van der Waals surface area contributed by atoms with Gasteiger partial charge in [-0.05, 0) is 57.1 Å². The number of hydrogen-bond donors (Lipinski definition) is 0. The zero-order valence-electron chi connectivity index (χ0n) is 17.9. The predicted molar refractivity (Wildman–Crippen MR) is 113 cm³/mol. The molecule has 1 fully saturated rings. The first kappa shape index (κ1) is 20.4. The van der Waals surface area contributed by atoms with Gasteiger partial charge in [-0.2, -0.15) is 5.10 Å². The van der Waals surface area contributed by atoms with Crippen LogP contribution in [0.5, 0.6) is 0 Å². The molecule has 152 valence electrons. The van der Waals surface area contributed by atoms with E-state index in [9.17, 15) is 4.79 Å². The van der Waals surface area contributed by atoms with Crippen molar-refractivity contribution in [3.63, 3.8) is 0 Å². The molecule has 1 aromatic heterocycles. The van der Waals surface area contributed by atoms with Gasteiger partial charge in [0.15, 0.2) is 0 Å². The van der Waals surface area contributed by atoms with E-state index in [-0.39, 0.29) is 11.9 Å². The van der Waals surface area contributed by atoms with Gasteiger partial charge in [0, 0.05) is 39.9 Å². The maximum Gasteiger partial charge on any atom is 0.227 e. The van der Waals surface area contributed by atoms with Crippen LogP contribution in [-0.2, 0) is 24.8 Å². The first-order chi connectivity index (χ1) is 13.3. The summed E-state index contributed by atoms with van der Waals surface area (Å²) in [6.07, 6.45) is 3.65. The number of likely N-dealkylation sites (tertiary alicyclic amines) is 1. The monoisotopic (exact) mass is 383 g/mol. The Bertz CT molecular complexity index is 794. The third-order valence-corrected chi connectivity index (χ3v) is 5.45.